The smallest absolute Gasteiger partial charge is 0.250 e. The lowest BCUT2D eigenvalue weighted by molar-refractivity contribution is -0.130. The molecule has 0 aliphatic heterocycles. The quantitative estimate of drug-likeness (QED) is 0.123. The van der Waals surface area contributed by atoms with Crippen LogP contribution in [0.3, 0.4) is 0 Å². The number of aliphatic hydroxyl groups excluding tert-OH is 1. The number of hydrogen-bond donors (Lipinski definition) is 5. The second kappa shape index (κ2) is 16.0. The molecule has 0 fully saturated rings. The number of unbranched alkanes of at least 4 members (excludes halogenated alkanes) is 1. The summed E-state index contributed by atoms with van der Waals surface area (Å²) < 4.78 is 13.6. The molecule has 2 rings (SSSR count). The third-order valence-electron chi connectivity index (χ3n) is 6.93. The van der Waals surface area contributed by atoms with Crippen molar-refractivity contribution >= 4 is 21.8 Å². The van der Waals surface area contributed by atoms with Gasteiger partial charge in [-0.3, -0.25) is 4.79 Å². The van der Waals surface area contributed by atoms with E-state index in [9.17, 15) is 14.3 Å². The molecule has 0 saturated heterocycles. The van der Waals surface area contributed by atoms with Crippen molar-refractivity contribution in [3.63, 3.8) is 0 Å². The molecule has 0 aromatic rings. The zero-order chi connectivity index (χ0) is 24.9. The number of rotatable bonds is 15. The summed E-state index contributed by atoms with van der Waals surface area (Å²) in [5.74, 6) is 0.584. The maximum absolute atomic E-state index is 13.6. The third-order valence-corrected chi connectivity index (χ3v) is 7.61. The number of nitrogens with two attached hydrogens (primary N) is 2. The molecule has 0 spiro atoms. The molecular weight excluding hydrogens is 499 g/mol. The van der Waals surface area contributed by atoms with Gasteiger partial charge in [0.15, 0.2) is 0 Å². The van der Waals surface area contributed by atoms with Gasteiger partial charge in [-0.15, -0.1) is 0 Å². The number of alkyl halides is 2. The van der Waals surface area contributed by atoms with Crippen LogP contribution in [0.4, 0.5) is 4.39 Å². The van der Waals surface area contributed by atoms with Crippen LogP contribution in [0.25, 0.3) is 0 Å². The van der Waals surface area contributed by atoms with E-state index >= 15 is 0 Å². The van der Waals surface area contributed by atoms with E-state index in [1.807, 2.05) is 0 Å². The fourth-order valence-electron chi connectivity index (χ4n) is 4.87. The first-order valence-electron chi connectivity index (χ1n) is 13.1. The number of nitrogens with one attached hydrogen (secondary N) is 2. The molecule has 8 heteroatoms. The summed E-state index contributed by atoms with van der Waals surface area (Å²) >= 11 is 3.62. The first-order valence-corrected chi connectivity index (χ1v) is 14.0. The third kappa shape index (κ3) is 11.8. The number of aliphatic hydroxyl groups is 1. The Morgan fingerprint density at radius 3 is 2.76 bits per heavy atom. The van der Waals surface area contributed by atoms with E-state index in [-0.39, 0.29) is 11.9 Å². The van der Waals surface area contributed by atoms with E-state index in [1.54, 1.807) is 6.08 Å². The topological polar surface area (TPSA) is 113 Å². The number of hydrogen-bond acceptors (Lipinski definition) is 5. The molecule has 7 N–H and O–H groups in total. The minimum absolute atomic E-state index is 0.0533. The van der Waals surface area contributed by atoms with Gasteiger partial charge in [0, 0.05) is 30.0 Å². The molecule has 0 aromatic heterocycles. The van der Waals surface area contributed by atoms with Crippen LogP contribution in [0.5, 0.6) is 0 Å². The van der Waals surface area contributed by atoms with E-state index in [1.165, 1.54) is 5.57 Å². The summed E-state index contributed by atoms with van der Waals surface area (Å²) in [5.41, 5.74) is 13.5. The Hall–Kier alpha value is -0.800. The Kier molecular flexibility index (Phi) is 13.9. The first-order chi connectivity index (χ1) is 16.2. The molecular formula is C26H46BrFN4O2. The largest absolute Gasteiger partial charge is 0.382 e. The van der Waals surface area contributed by atoms with E-state index < -0.39 is 18.3 Å². The summed E-state index contributed by atoms with van der Waals surface area (Å²) in [4.78, 5) is 12.6. The van der Waals surface area contributed by atoms with E-state index in [0.717, 1.165) is 64.5 Å². The highest BCUT2D eigenvalue weighted by molar-refractivity contribution is 9.09. The van der Waals surface area contributed by atoms with Crippen LogP contribution >= 0.6 is 15.9 Å². The standard InChI is InChI=1S/C26H46BrFN4O2/c1-18-13-20(16-22(28)14-18)7-9-23(29)17-31-11-2-3-12-32-26(34)25(33)24(30)10-8-19-5-4-6-21(27)15-19/h4,6,16,18-19,21-25,31,33H,2-3,5,7-15,17,29-30H2,1H3,(H,32,34)/t18-,19+,21?,22-,23?,24-,25?/m1/s1. The predicted octanol–water partition coefficient (Wildman–Crippen LogP) is 3.47. The van der Waals surface area contributed by atoms with E-state index in [2.05, 4.69) is 45.6 Å². The van der Waals surface area contributed by atoms with Crippen LogP contribution in [0.2, 0.25) is 0 Å². The van der Waals surface area contributed by atoms with E-state index in [4.69, 9.17) is 11.5 Å². The average Bonchev–Trinajstić information content (AvgIpc) is 2.79. The fraction of sp³-hybridized carbons (Fsp3) is 0.808. The SMILES string of the molecule is C[C@@H]1CC(CCC(N)CNCCCCNC(=O)C(O)[C@H](N)CC[C@@H]2CC=CC(Br)C2)=C[C@H](F)C1. The normalized spacial score (nSPS) is 27.6. The van der Waals surface area contributed by atoms with Crippen LogP contribution in [-0.4, -0.2) is 59.8 Å². The van der Waals surface area contributed by atoms with Crippen molar-refractivity contribution in [2.45, 2.75) is 100 Å². The second-order valence-corrected chi connectivity index (χ2v) is 11.5. The minimum Gasteiger partial charge on any atom is -0.382 e. The monoisotopic (exact) mass is 544 g/mol. The summed E-state index contributed by atoms with van der Waals surface area (Å²) in [7, 11) is 0. The van der Waals surface area contributed by atoms with Gasteiger partial charge in [-0.2, -0.15) is 0 Å². The molecule has 3 unspecified atom stereocenters. The molecule has 0 aromatic carbocycles. The van der Waals surface area contributed by atoms with Crippen LogP contribution < -0.4 is 22.1 Å². The van der Waals surface area contributed by atoms with Crippen LogP contribution in [0, 0.1) is 11.8 Å². The van der Waals surface area contributed by atoms with Crippen LogP contribution in [0.15, 0.2) is 23.8 Å². The maximum atomic E-state index is 13.6. The molecule has 0 heterocycles. The Morgan fingerprint density at radius 2 is 2.03 bits per heavy atom. The Bertz CT molecular complexity index is 663. The molecule has 6 nitrogen and oxygen atoms in total. The van der Waals surface area contributed by atoms with Gasteiger partial charge in [0.05, 0.1) is 0 Å². The number of carbonyl (C=O) groups excluding carboxylic acids is 1. The summed E-state index contributed by atoms with van der Waals surface area (Å²) in [6.45, 7) is 4.18. The van der Waals surface area contributed by atoms with Crippen molar-refractivity contribution in [3.8, 4) is 0 Å². The lowest BCUT2D eigenvalue weighted by atomic mass is 9.86. The molecule has 2 aliphatic rings. The van der Waals surface area contributed by atoms with Gasteiger partial charge in [-0.25, -0.2) is 4.39 Å². The van der Waals surface area contributed by atoms with Gasteiger partial charge >= 0.3 is 0 Å². The maximum Gasteiger partial charge on any atom is 0.250 e. The number of carbonyl (C=O) groups is 1. The van der Waals surface area contributed by atoms with Gasteiger partial charge < -0.3 is 27.2 Å². The Labute approximate surface area is 213 Å². The first kappa shape index (κ1) is 29.4. The molecule has 2 aliphatic carbocycles. The Morgan fingerprint density at radius 1 is 1.26 bits per heavy atom. The molecule has 7 atom stereocenters. The highest BCUT2D eigenvalue weighted by atomic mass is 79.9. The van der Waals surface area contributed by atoms with Crippen LogP contribution in [-0.2, 0) is 4.79 Å². The average molecular weight is 546 g/mol. The minimum atomic E-state index is -1.16. The summed E-state index contributed by atoms with van der Waals surface area (Å²) in [5, 5.41) is 16.4. The fourth-order valence-corrected chi connectivity index (χ4v) is 5.62. The molecule has 1 amide bonds. The number of allylic oxidation sites excluding steroid dienone is 4. The zero-order valence-electron chi connectivity index (χ0n) is 20.7. The van der Waals surface area contributed by atoms with Crippen LogP contribution in [0.1, 0.15) is 71.1 Å². The molecule has 196 valence electrons. The van der Waals surface area contributed by atoms with Crippen molar-refractivity contribution < 1.29 is 14.3 Å². The van der Waals surface area contributed by atoms with Crippen molar-refractivity contribution in [2.24, 2.45) is 23.3 Å². The molecule has 0 bridgehead atoms. The summed E-state index contributed by atoms with van der Waals surface area (Å²) in [6.07, 6.45) is 12.9. The van der Waals surface area contributed by atoms with Crippen molar-refractivity contribution in [2.75, 3.05) is 19.6 Å². The van der Waals surface area contributed by atoms with Gasteiger partial charge in [-0.1, -0.05) is 46.7 Å². The molecule has 0 radical (unpaired) electrons. The van der Waals surface area contributed by atoms with Crippen molar-refractivity contribution in [3.05, 3.63) is 23.8 Å². The Balaban J connectivity index is 1.47. The van der Waals surface area contributed by atoms with Crippen molar-refractivity contribution in [1.29, 1.82) is 0 Å². The molecule has 0 saturated carbocycles. The number of halogens is 2. The lowest BCUT2D eigenvalue weighted by Crippen LogP contribution is -2.46. The predicted molar refractivity (Wildman–Crippen MR) is 141 cm³/mol. The highest BCUT2D eigenvalue weighted by Crippen LogP contribution is 2.29. The lowest BCUT2D eigenvalue weighted by Gasteiger charge is -2.24. The second-order valence-electron chi connectivity index (χ2n) is 10.4. The zero-order valence-corrected chi connectivity index (χ0v) is 22.3. The highest BCUT2D eigenvalue weighted by Gasteiger charge is 2.24. The van der Waals surface area contributed by atoms with Gasteiger partial charge in [0.25, 0.3) is 0 Å². The van der Waals surface area contributed by atoms with Gasteiger partial charge in [0.2, 0.25) is 5.91 Å². The molecule has 34 heavy (non-hydrogen) atoms. The van der Waals surface area contributed by atoms with Crippen molar-refractivity contribution in [1.82, 2.24) is 10.6 Å². The van der Waals surface area contributed by atoms with E-state index in [0.29, 0.717) is 36.0 Å². The van der Waals surface area contributed by atoms with Gasteiger partial charge in [0.1, 0.15) is 12.3 Å². The number of amides is 1. The summed E-state index contributed by atoms with van der Waals surface area (Å²) in [6, 6.07) is -0.483. The van der Waals surface area contributed by atoms with Gasteiger partial charge in [-0.05, 0) is 82.6 Å².